The normalized spacial score (nSPS) is 13.8. The monoisotopic (exact) mass is 526 g/mol. The molecule has 5 rings (SSSR count). The van der Waals surface area contributed by atoms with Gasteiger partial charge in [0.05, 0.1) is 13.2 Å². The summed E-state index contributed by atoms with van der Waals surface area (Å²) in [4.78, 5) is 17.9. The Bertz CT molecular complexity index is 1240. The van der Waals surface area contributed by atoms with Crippen LogP contribution in [0, 0.1) is 0 Å². The Morgan fingerprint density at radius 3 is 2.28 bits per heavy atom. The van der Waals surface area contributed by atoms with Gasteiger partial charge in [-0.1, -0.05) is 71.8 Å². The maximum atomic E-state index is 13.6. The lowest BCUT2D eigenvalue weighted by molar-refractivity contribution is 0.0351. The summed E-state index contributed by atoms with van der Waals surface area (Å²) in [5.41, 5.74) is 3.93. The molecule has 10 nitrogen and oxygen atoms in total. The SMILES string of the molecule is O=C(Nc1cccc(Nc2nn[nH]n2)c1)N(CCC(c1ccccc1)c1ccccc1)CCN1CCOCC1. The number of rotatable bonds is 11. The van der Waals surface area contributed by atoms with Crippen LogP contribution in [0.3, 0.4) is 0 Å². The molecule has 0 atom stereocenters. The maximum Gasteiger partial charge on any atom is 0.321 e. The Labute approximate surface area is 228 Å². The molecule has 1 aliphatic rings. The number of aromatic amines is 1. The molecule has 2 heterocycles. The fourth-order valence-corrected chi connectivity index (χ4v) is 4.80. The highest BCUT2D eigenvalue weighted by Crippen LogP contribution is 2.28. The van der Waals surface area contributed by atoms with Crippen molar-refractivity contribution < 1.29 is 9.53 Å². The van der Waals surface area contributed by atoms with Crippen LogP contribution in [0.2, 0.25) is 0 Å². The number of carbonyl (C=O) groups is 1. The van der Waals surface area contributed by atoms with E-state index in [-0.39, 0.29) is 11.9 Å². The molecule has 0 bridgehead atoms. The summed E-state index contributed by atoms with van der Waals surface area (Å²) in [6.45, 7) is 5.28. The summed E-state index contributed by atoms with van der Waals surface area (Å²) in [5.74, 6) is 0.548. The molecule has 1 fully saturated rings. The molecule has 10 heteroatoms. The van der Waals surface area contributed by atoms with Gasteiger partial charge in [0, 0.05) is 50.0 Å². The van der Waals surface area contributed by atoms with Crippen molar-refractivity contribution in [3.05, 3.63) is 96.1 Å². The number of nitrogens with zero attached hydrogens (tertiary/aromatic N) is 5. The van der Waals surface area contributed by atoms with Gasteiger partial charge < -0.3 is 20.3 Å². The largest absolute Gasteiger partial charge is 0.379 e. The van der Waals surface area contributed by atoms with Crippen LogP contribution < -0.4 is 10.6 Å². The van der Waals surface area contributed by atoms with Gasteiger partial charge in [0.1, 0.15) is 0 Å². The van der Waals surface area contributed by atoms with Gasteiger partial charge in [0.15, 0.2) is 0 Å². The van der Waals surface area contributed by atoms with E-state index in [1.807, 2.05) is 41.3 Å². The van der Waals surface area contributed by atoms with Crippen LogP contribution in [-0.2, 0) is 4.74 Å². The molecule has 3 N–H and O–H groups in total. The lowest BCUT2D eigenvalue weighted by Crippen LogP contribution is -2.44. The van der Waals surface area contributed by atoms with Crippen LogP contribution in [0.5, 0.6) is 0 Å². The van der Waals surface area contributed by atoms with E-state index >= 15 is 0 Å². The summed E-state index contributed by atoms with van der Waals surface area (Å²) in [6, 6.07) is 28.4. The molecular weight excluding hydrogens is 492 g/mol. The van der Waals surface area contributed by atoms with Gasteiger partial charge in [0.2, 0.25) is 0 Å². The van der Waals surface area contributed by atoms with Gasteiger partial charge >= 0.3 is 6.03 Å². The number of carbonyl (C=O) groups excluding carboxylic acids is 1. The van der Waals surface area contributed by atoms with Crippen molar-refractivity contribution in [3.63, 3.8) is 0 Å². The third-order valence-corrected chi connectivity index (χ3v) is 6.88. The number of anilines is 3. The van der Waals surface area contributed by atoms with E-state index < -0.39 is 0 Å². The third kappa shape index (κ3) is 7.62. The van der Waals surface area contributed by atoms with Crippen molar-refractivity contribution in [2.45, 2.75) is 12.3 Å². The molecule has 39 heavy (non-hydrogen) atoms. The molecule has 1 saturated heterocycles. The Balaban J connectivity index is 1.30. The first-order valence-electron chi connectivity index (χ1n) is 13.3. The van der Waals surface area contributed by atoms with Gasteiger partial charge in [-0.15, -0.1) is 5.10 Å². The first kappa shape index (κ1) is 26.3. The Kier molecular flexibility index (Phi) is 9.11. The number of urea groups is 1. The number of hydrogen-bond acceptors (Lipinski definition) is 7. The summed E-state index contributed by atoms with van der Waals surface area (Å²) in [5, 5.41) is 20.0. The second-order valence-corrected chi connectivity index (χ2v) is 9.48. The highest BCUT2D eigenvalue weighted by Gasteiger charge is 2.21. The molecule has 1 aliphatic heterocycles. The average molecular weight is 527 g/mol. The van der Waals surface area contributed by atoms with E-state index in [2.05, 4.69) is 84.7 Å². The molecule has 202 valence electrons. The number of hydrogen-bond donors (Lipinski definition) is 3. The molecule has 3 aromatic carbocycles. The molecular formula is C29H34N8O2. The van der Waals surface area contributed by atoms with Crippen LogP contribution >= 0.6 is 0 Å². The van der Waals surface area contributed by atoms with Crippen LogP contribution in [0.1, 0.15) is 23.5 Å². The number of nitrogens with one attached hydrogen (secondary N) is 3. The van der Waals surface area contributed by atoms with E-state index in [0.29, 0.717) is 24.7 Å². The van der Waals surface area contributed by atoms with Crippen molar-refractivity contribution >= 4 is 23.4 Å². The first-order valence-corrected chi connectivity index (χ1v) is 13.3. The molecule has 1 aromatic heterocycles. The number of amides is 2. The lowest BCUT2D eigenvalue weighted by Gasteiger charge is -2.31. The number of morpholine rings is 1. The zero-order valence-corrected chi connectivity index (χ0v) is 21.9. The minimum Gasteiger partial charge on any atom is -0.379 e. The number of aromatic nitrogens is 4. The summed E-state index contributed by atoms with van der Waals surface area (Å²) in [6.07, 6.45) is 0.810. The summed E-state index contributed by atoms with van der Waals surface area (Å²) >= 11 is 0. The zero-order valence-electron chi connectivity index (χ0n) is 21.9. The first-order chi connectivity index (χ1) is 19.2. The molecule has 0 spiro atoms. The van der Waals surface area contributed by atoms with E-state index in [1.54, 1.807) is 0 Å². The minimum absolute atomic E-state index is 0.125. The third-order valence-electron chi connectivity index (χ3n) is 6.88. The Hall–Kier alpha value is -4.28. The summed E-state index contributed by atoms with van der Waals surface area (Å²) in [7, 11) is 0. The van der Waals surface area contributed by atoms with Gasteiger partial charge in [-0.2, -0.15) is 5.21 Å². The van der Waals surface area contributed by atoms with Crippen LogP contribution in [0.25, 0.3) is 0 Å². The Morgan fingerprint density at radius 1 is 0.923 bits per heavy atom. The minimum atomic E-state index is -0.125. The van der Waals surface area contributed by atoms with Crippen LogP contribution in [0.4, 0.5) is 22.1 Å². The molecule has 0 radical (unpaired) electrons. The number of benzene rings is 3. The lowest BCUT2D eigenvalue weighted by atomic mass is 9.88. The number of tetrazole rings is 1. The van der Waals surface area contributed by atoms with Gasteiger partial charge in [-0.3, -0.25) is 4.90 Å². The molecule has 0 aliphatic carbocycles. The second-order valence-electron chi connectivity index (χ2n) is 9.48. The van der Waals surface area contributed by atoms with Crippen molar-refractivity contribution in [2.75, 3.05) is 56.6 Å². The maximum absolute atomic E-state index is 13.6. The fraction of sp³-hybridized carbons (Fsp3) is 0.310. The molecule has 2 amide bonds. The average Bonchev–Trinajstić information content (AvgIpc) is 3.49. The Morgan fingerprint density at radius 2 is 1.62 bits per heavy atom. The zero-order chi connectivity index (χ0) is 26.7. The predicted molar refractivity (Wildman–Crippen MR) is 151 cm³/mol. The fourth-order valence-electron chi connectivity index (χ4n) is 4.80. The molecule has 0 unspecified atom stereocenters. The van der Waals surface area contributed by atoms with Crippen molar-refractivity contribution in [1.82, 2.24) is 30.4 Å². The molecule has 0 saturated carbocycles. The van der Waals surface area contributed by atoms with E-state index in [4.69, 9.17) is 4.74 Å². The van der Waals surface area contributed by atoms with Crippen molar-refractivity contribution in [1.29, 1.82) is 0 Å². The standard InChI is InChI=1S/C29H34N8O2/c38-29(31-26-13-7-12-25(22-26)30-28-32-34-35-33-28)37(17-16-36-18-20-39-21-19-36)15-14-27(23-8-3-1-4-9-23)24-10-5-2-6-11-24/h1-13,22,27H,14-21H2,(H,31,38)(H2,30,32,33,34,35). The second kappa shape index (κ2) is 13.5. The van der Waals surface area contributed by atoms with Gasteiger partial charge in [-0.25, -0.2) is 4.79 Å². The number of ether oxygens (including phenoxy) is 1. The number of H-pyrrole nitrogens is 1. The molecule has 4 aromatic rings. The van der Waals surface area contributed by atoms with Crippen LogP contribution in [0.15, 0.2) is 84.9 Å². The van der Waals surface area contributed by atoms with E-state index in [1.165, 1.54) is 11.1 Å². The topological polar surface area (TPSA) is 111 Å². The van der Waals surface area contributed by atoms with Crippen molar-refractivity contribution in [2.24, 2.45) is 0 Å². The summed E-state index contributed by atoms with van der Waals surface area (Å²) < 4.78 is 5.50. The van der Waals surface area contributed by atoms with Crippen molar-refractivity contribution in [3.8, 4) is 0 Å². The van der Waals surface area contributed by atoms with E-state index in [9.17, 15) is 4.79 Å². The highest BCUT2D eigenvalue weighted by molar-refractivity contribution is 5.90. The van der Waals surface area contributed by atoms with Gasteiger partial charge in [0.25, 0.3) is 5.95 Å². The van der Waals surface area contributed by atoms with E-state index in [0.717, 1.165) is 45.0 Å². The quantitative estimate of drug-likeness (QED) is 0.267. The highest BCUT2D eigenvalue weighted by atomic mass is 16.5. The van der Waals surface area contributed by atoms with Gasteiger partial charge in [-0.05, 0) is 41.0 Å². The van der Waals surface area contributed by atoms with Crippen LogP contribution in [-0.4, -0.2) is 82.4 Å². The predicted octanol–water partition coefficient (Wildman–Crippen LogP) is 4.33. The smallest absolute Gasteiger partial charge is 0.321 e.